The Bertz CT molecular complexity index is 2080. The molecule has 0 spiro atoms. The molecule has 0 bridgehead atoms. The van der Waals surface area contributed by atoms with Crippen LogP contribution in [0.3, 0.4) is 0 Å². The van der Waals surface area contributed by atoms with Crippen molar-refractivity contribution >= 4 is 22.5 Å². The number of nitrogens with one attached hydrogen (secondary N) is 1. The molecule has 0 aliphatic carbocycles. The van der Waals surface area contributed by atoms with Gasteiger partial charge in [-0.1, -0.05) is 12.1 Å². The minimum absolute atomic E-state index is 0.00423. The minimum atomic E-state index is -5.03. The van der Waals surface area contributed by atoms with Gasteiger partial charge in [0.2, 0.25) is 5.82 Å². The van der Waals surface area contributed by atoms with Crippen molar-refractivity contribution < 1.29 is 41.3 Å². The number of amides is 1. The van der Waals surface area contributed by atoms with Gasteiger partial charge in [0.15, 0.2) is 28.8 Å². The average molecular weight is 697 g/mol. The lowest BCUT2D eigenvalue weighted by Crippen LogP contribution is -2.25. The predicted molar refractivity (Wildman–Crippen MR) is 174 cm³/mol. The van der Waals surface area contributed by atoms with E-state index in [-0.39, 0.29) is 17.1 Å². The predicted octanol–water partition coefficient (Wildman–Crippen LogP) is 6.07. The molecule has 1 saturated heterocycles. The van der Waals surface area contributed by atoms with Crippen molar-refractivity contribution in [3.8, 4) is 34.4 Å². The standard InChI is InChI=1S/C34H32F4N6O6/c1-42-31(41-44(33(42)46)25-8-3-4-9-28(25)50-34(36,37)38)32(45)40-21-10-11-27(23(35)18-21)49-26-12-13-39-24-20-30(29(47-2)19-22(24)26)48-17-7-16-43-14-5-6-15-43/h3-4,8-13,18-20H,5-7,14-17H2,1-2H3,(H,40,45). The maximum Gasteiger partial charge on any atom is 0.573 e. The first-order valence-corrected chi connectivity index (χ1v) is 15.6. The van der Waals surface area contributed by atoms with E-state index < -0.39 is 35.4 Å². The highest BCUT2D eigenvalue weighted by atomic mass is 19.4. The monoisotopic (exact) mass is 696 g/mol. The van der Waals surface area contributed by atoms with Crippen LogP contribution >= 0.6 is 0 Å². The van der Waals surface area contributed by atoms with E-state index >= 15 is 4.39 Å². The molecule has 1 fully saturated rings. The quantitative estimate of drug-likeness (QED) is 0.122. The van der Waals surface area contributed by atoms with Crippen molar-refractivity contribution in [2.45, 2.75) is 25.6 Å². The number of anilines is 1. The Morgan fingerprint density at radius 1 is 0.960 bits per heavy atom. The third-order valence-electron chi connectivity index (χ3n) is 7.97. The van der Waals surface area contributed by atoms with Gasteiger partial charge in [0.25, 0.3) is 5.91 Å². The maximum absolute atomic E-state index is 15.3. The van der Waals surface area contributed by atoms with E-state index in [1.54, 1.807) is 18.2 Å². The van der Waals surface area contributed by atoms with E-state index in [9.17, 15) is 22.8 Å². The second-order valence-electron chi connectivity index (χ2n) is 11.4. The first-order chi connectivity index (χ1) is 24.0. The number of ether oxygens (including phenoxy) is 4. The lowest BCUT2D eigenvalue weighted by atomic mass is 10.1. The number of methoxy groups -OCH3 is 1. The third kappa shape index (κ3) is 7.64. The SMILES string of the molecule is COc1cc2c(Oc3ccc(NC(=O)c4nn(-c5ccccc5OC(F)(F)F)c(=O)n4C)cc3F)ccnc2cc1OCCCN1CCCC1. The van der Waals surface area contributed by atoms with Crippen LogP contribution in [0.1, 0.15) is 29.9 Å². The van der Waals surface area contributed by atoms with Gasteiger partial charge in [-0.25, -0.2) is 9.18 Å². The van der Waals surface area contributed by atoms with Gasteiger partial charge < -0.3 is 29.2 Å². The molecule has 0 atom stereocenters. The lowest BCUT2D eigenvalue weighted by molar-refractivity contribution is -0.274. The molecule has 12 nitrogen and oxygen atoms in total. The van der Waals surface area contributed by atoms with Gasteiger partial charge in [0.05, 0.1) is 19.2 Å². The van der Waals surface area contributed by atoms with Crippen LogP contribution in [-0.4, -0.2) is 69.9 Å². The van der Waals surface area contributed by atoms with Gasteiger partial charge in [-0.05, 0) is 68.8 Å². The number of rotatable bonds is 12. The molecule has 1 aliphatic heterocycles. The fraction of sp³-hybridized carbons (Fsp3) is 0.294. The number of carbonyl (C=O) groups is 1. The molecule has 16 heteroatoms. The Balaban J connectivity index is 1.16. The van der Waals surface area contributed by atoms with Crippen molar-refractivity contribution in [1.82, 2.24) is 24.2 Å². The molecule has 3 aromatic carbocycles. The first kappa shape index (κ1) is 34.2. The average Bonchev–Trinajstić information content (AvgIpc) is 3.71. The maximum atomic E-state index is 15.3. The van der Waals surface area contributed by atoms with Gasteiger partial charge >= 0.3 is 12.1 Å². The Hall–Kier alpha value is -5.64. The summed E-state index contributed by atoms with van der Waals surface area (Å²) in [6.07, 6.45) is -0.194. The zero-order valence-electron chi connectivity index (χ0n) is 27.0. The van der Waals surface area contributed by atoms with Crippen LogP contribution in [-0.2, 0) is 7.05 Å². The molecule has 3 heterocycles. The van der Waals surface area contributed by atoms with Crippen LogP contribution in [0.5, 0.6) is 28.7 Å². The first-order valence-electron chi connectivity index (χ1n) is 15.6. The number of para-hydroxylation sites is 2. The summed E-state index contributed by atoms with van der Waals surface area (Å²) < 4.78 is 77.0. The molecule has 2 aromatic heterocycles. The highest BCUT2D eigenvalue weighted by molar-refractivity contribution is 6.01. The highest BCUT2D eigenvalue weighted by Crippen LogP contribution is 2.38. The Kier molecular flexibility index (Phi) is 9.90. The number of alkyl halides is 3. The molecule has 262 valence electrons. The summed E-state index contributed by atoms with van der Waals surface area (Å²) in [6, 6.07) is 13.5. The van der Waals surface area contributed by atoms with Gasteiger partial charge in [0, 0.05) is 43.0 Å². The number of hydrogen-bond donors (Lipinski definition) is 1. The molecule has 0 radical (unpaired) electrons. The second kappa shape index (κ2) is 14.5. The van der Waals surface area contributed by atoms with Gasteiger partial charge in [-0.2, -0.15) is 4.68 Å². The number of aromatic nitrogens is 4. The third-order valence-corrected chi connectivity index (χ3v) is 7.97. The number of fused-ring (bicyclic) bond motifs is 1. The molecule has 0 saturated carbocycles. The van der Waals surface area contributed by atoms with Gasteiger partial charge in [-0.15, -0.1) is 18.3 Å². The molecule has 50 heavy (non-hydrogen) atoms. The van der Waals surface area contributed by atoms with Crippen molar-refractivity contribution in [2.75, 3.05) is 38.7 Å². The lowest BCUT2D eigenvalue weighted by Gasteiger charge is -2.16. The summed E-state index contributed by atoms with van der Waals surface area (Å²) in [6.45, 7) is 3.70. The molecule has 1 amide bonds. The van der Waals surface area contributed by atoms with Crippen molar-refractivity contribution in [3.63, 3.8) is 0 Å². The zero-order chi connectivity index (χ0) is 35.4. The van der Waals surface area contributed by atoms with Gasteiger partial charge in [0.1, 0.15) is 11.4 Å². The summed E-state index contributed by atoms with van der Waals surface area (Å²) in [5.41, 5.74) is -0.717. The summed E-state index contributed by atoms with van der Waals surface area (Å²) in [7, 11) is 2.73. The molecule has 6 rings (SSSR count). The number of halogens is 4. The Morgan fingerprint density at radius 2 is 1.74 bits per heavy atom. The number of carbonyl (C=O) groups excluding carboxylic acids is 1. The fourth-order valence-corrected chi connectivity index (χ4v) is 5.57. The Morgan fingerprint density at radius 3 is 2.48 bits per heavy atom. The molecule has 0 unspecified atom stereocenters. The van der Waals surface area contributed by atoms with E-state index in [0.717, 1.165) is 42.8 Å². The smallest absolute Gasteiger partial charge is 0.493 e. The number of pyridine rings is 1. The van der Waals surface area contributed by atoms with Crippen LogP contribution in [0, 0.1) is 5.82 Å². The van der Waals surface area contributed by atoms with Crippen LogP contribution in [0.4, 0.5) is 23.2 Å². The van der Waals surface area contributed by atoms with E-state index in [4.69, 9.17) is 14.2 Å². The molecule has 5 aromatic rings. The van der Waals surface area contributed by atoms with Crippen molar-refractivity contribution in [2.24, 2.45) is 7.05 Å². The van der Waals surface area contributed by atoms with Crippen molar-refractivity contribution in [3.05, 3.63) is 89.0 Å². The van der Waals surface area contributed by atoms with E-state index in [1.165, 1.54) is 63.5 Å². The van der Waals surface area contributed by atoms with Crippen molar-refractivity contribution in [1.29, 1.82) is 0 Å². The number of nitrogens with zero attached hydrogens (tertiary/aromatic N) is 5. The molecular formula is C34H32F4N6O6. The van der Waals surface area contributed by atoms with E-state index in [1.807, 2.05) is 0 Å². The highest BCUT2D eigenvalue weighted by Gasteiger charge is 2.33. The van der Waals surface area contributed by atoms with E-state index in [2.05, 4.69) is 25.0 Å². The second-order valence-corrected chi connectivity index (χ2v) is 11.4. The molecular weight excluding hydrogens is 664 g/mol. The number of benzene rings is 3. The normalized spacial score (nSPS) is 13.4. The number of hydrogen-bond acceptors (Lipinski definition) is 9. The van der Waals surface area contributed by atoms with Crippen LogP contribution in [0.25, 0.3) is 16.6 Å². The van der Waals surface area contributed by atoms with Gasteiger partial charge in [-0.3, -0.25) is 14.3 Å². The zero-order valence-corrected chi connectivity index (χ0v) is 27.0. The molecule has 1 N–H and O–H groups in total. The summed E-state index contributed by atoms with van der Waals surface area (Å²) in [4.78, 5) is 32.7. The van der Waals surface area contributed by atoms with E-state index in [0.29, 0.717) is 39.4 Å². The largest absolute Gasteiger partial charge is 0.573 e. The fourth-order valence-electron chi connectivity index (χ4n) is 5.57. The number of likely N-dealkylation sites (tertiary alicyclic amines) is 1. The summed E-state index contributed by atoms with van der Waals surface area (Å²) in [5, 5.41) is 6.90. The van der Waals surface area contributed by atoms with Crippen LogP contribution in [0.2, 0.25) is 0 Å². The minimum Gasteiger partial charge on any atom is -0.493 e. The topological polar surface area (TPSA) is 122 Å². The van der Waals surface area contributed by atoms with Crippen LogP contribution < -0.4 is 30.0 Å². The summed E-state index contributed by atoms with van der Waals surface area (Å²) in [5.74, 6) is -1.77. The Labute approximate surface area is 282 Å². The van der Waals surface area contributed by atoms with Crippen LogP contribution in [0.15, 0.2) is 71.7 Å². The summed E-state index contributed by atoms with van der Waals surface area (Å²) >= 11 is 0. The molecule has 1 aliphatic rings.